The molecular weight excluding hydrogens is 352 g/mol. The first-order valence-corrected chi connectivity index (χ1v) is 9.08. The minimum Gasteiger partial charge on any atom is -0.465 e. The van der Waals surface area contributed by atoms with Crippen molar-refractivity contribution in [2.75, 3.05) is 19.0 Å². The third-order valence-electron chi connectivity index (χ3n) is 4.40. The zero-order valence-electron chi connectivity index (χ0n) is 14.9. The number of nitrogens with one attached hydrogen (secondary N) is 1. The van der Waals surface area contributed by atoms with Crippen LogP contribution in [0.4, 0.5) is 5.00 Å². The highest BCUT2D eigenvalue weighted by molar-refractivity contribution is 7.17. The fourth-order valence-electron chi connectivity index (χ4n) is 3.04. The maximum Gasteiger partial charge on any atom is 0.341 e. The lowest BCUT2D eigenvalue weighted by atomic mass is 10.0. The van der Waals surface area contributed by atoms with E-state index >= 15 is 0 Å². The van der Waals surface area contributed by atoms with E-state index in [4.69, 9.17) is 4.74 Å². The van der Waals surface area contributed by atoms with Crippen molar-refractivity contribution >= 4 is 34.1 Å². The highest BCUT2D eigenvalue weighted by Gasteiger charge is 2.30. The van der Waals surface area contributed by atoms with E-state index in [9.17, 15) is 14.4 Å². The summed E-state index contributed by atoms with van der Waals surface area (Å²) in [6.45, 7) is 4.44. The fourth-order valence-corrected chi connectivity index (χ4v) is 4.29. The SMILES string of the molecule is COC(=O)c1c(NC(=O)c2cccc(C)c2)sc2c1CCN(C(C)=O)C2. The van der Waals surface area contributed by atoms with Crippen LogP contribution in [0, 0.1) is 6.92 Å². The number of carbonyl (C=O) groups excluding carboxylic acids is 3. The van der Waals surface area contributed by atoms with E-state index in [-0.39, 0.29) is 11.8 Å². The van der Waals surface area contributed by atoms with Crippen molar-refractivity contribution in [3.05, 3.63) is 51.4 Å². The lowest BCUT2D eigenvalue weighted by Gasteiger charge is -2.25. The summed E-state index contributed by atoms with van der Waals surface area (Å²) in [6.07, 6.45) is 0.566. The number of nitrogens with zero attached hydrogens (tertiary/aromatic N) is 1. The van der Waals surface area contributed by atoms with E-state index in [0.717, 1.165) is 16.0 Å². The maximum absolute atomic E-state index is 12.6. The van der Waals surface area contributed by atoms with E-state index in [2.05, 4.69) is 5.32 Å². The Labute approximate surface area is 155 Å². The normalized spacial score (nSPS) is 13.1. The number of carbonyl (C=O) groups is 3. The summed E-state index contributed by atoms with van der Waals surface area (Å²) in [5.74, 6) is -0.756. The first-order chi connectivity index (χ1) is 12.4. The number of methoxy groups -OCH3 is 1. The van der Waals surface area contributed by atoms with Gasteiger partial charge in [-0.05, 0) is 31.0 Å². The summed E-state index contributed by atoms with van der Waals surface area (Å²) in [4.78, 5) is 39.2. The third-order valence-corrected chi connectivity index (χ3v) is 5.53. The number of aryl methyl sites for hydroxylation is 1. The molecule has 2 heterocycles. The van der Waals surface area contributed by atoms with Gasteiger partial charge in [-0.2, -0.15) is 0 Å². The summed E-state index contributed by atoms with van der Waals surface area (Å²) < 4.78 is 4.92. The Bertz CT molecular complexity index is 888. The van der Waals surface area contributed by atoms with Gasteiger partial charge in [-0.1, -0.05) is 17.7 Å². The van der Waals surface area contributed by atoms with E-state index < -0.39 is 5.97 Å². The summed E-state index contributed by atoms with van der Waals surface area (Å²) in [5, 5.41) is 3.32. The molecule has 1 aromatic carbocycles. The quantitative estimate of drug-likeness (QED) is 0.841. The van der Waals surface area contributed by atoms with Gasteiger partial charge in [-0.3, -0.25) is 9.59 Å². The highest BCUT2D eigenvalue weighted by Crippen LogP contribution is 2.37. The minimum absolute atomic E-state index is 0.00554. The molecule has 26 heavy (non-hydrogen) atoms. The molecule has 7 heteroatoms. The van der Waals surface area contributed by atoms with Gasteiger partial charge in [-0.15, -0.1) is 11.3 Å². The molecule has 0 saturated heterocycles. The van der Waals surface area contributed by atoms with E-state index in [0.29, 0.717) is 35.6 Å². The second-order valence-electron chi connectivity index (χ2n) is 6.21. The monoisotopic (exact) mass is 372 g/mol. The van der Waals surface area contributed by atoms with Crippen molar-refractivity contribution in [1.29, 1.82) is 0 Å². The minimum atomic E-state index is -0.474. The molecule has 1 N–H and O–H groups in total. The number of hydrogen-bond acceptors (Lipinski definition) is 5. The number of fused-ring (bicyclic) bond motifs is 1. The van der Waals surface area contributed by atoms with Crippen molar-refractivity contribution in [2.24, 2.45) is 0 Å². The number of hydrogen-bond donors (Lipinski definition) is 1. The van der Waals surface area contributed by atoms with Crippen molar-refractivity contribution in [1.82, 2.24) is 4.90 Å². The van der Waals surface area contributed by atoms with Gasteiger partial charge in [0, 0.05) is 23.9 Å². The van der Waals surface area contributed by atoms with E-state index in [1.807, 2.05) is 19.1 Å². The van der Waals surface area contributed by atoms with Crippen LogP contribution < -0.4 is 5.32 Å². The molecule has 0 saturated carbocycles. The van der Waals surface area contributed by atoms with Gasteiger partial charge in [0.2, 0.25) is 5.91 Å². The molecule has 1 aromatic heterocycles. The van der Waals surface area contributed by atoms with Crippen LogP contribution in [-0.2, 0) is 22.5 Å². The zero-order chi connectivity index (χ0) is 18.8. The van der Waals surface area contributed by atoms with Crippen LogP contribution in [0.1, 0.15) is 43.6 Å². The van der Waals surface area contributed by atoms with Crippen molar-refractivity contribution in [3.63, 3.8) is 0 Å². The van der Waals surface area contributed by atoms with Crippen molar-refractivity contribution in [3.8, 4) is 0 Å². The Morgan fingerprint density at radius 3 is 2.69 bits per heavy atom. The molecule has 0 atom stereocenters. The van der Waals surface area contributed by atoms with Crippen LogP contribution >= 0.6 is 11.3 Å². The van der Waals surface area contributed by atoms with Crippen LogP contribution in [0.15, 0.2) is 24.3 Å². The topological polar surface area (TPSA) is 75.7 Å². The Balaban J connectivity index is 1.95. The molecular formula is C19H20N2O4S. The number of amides is 2. The molecule has 0 radical (unpaired) electrons. The number of benzene rings is 1. The molecule has 0 fully saturated rings. The molecule has 2 aromatic rings. The van der Waals surface area contributed by atoms with Crippen LogP contribution in [-0.4, -0.2) is 36.3 Å². The van der Waals surface area contributed by atoms with Gasteiger partial charge < -0.3 is 15.0 Å². The van der Waals surface area contributed by atoms with Gasteiger partial charge in [0.25, 0.3) is 5.91 Å². The van der Waals surface area contributed by atoms with Gasteiger partial charge in [0.1, 0.15) is 5.00 Å². The molecule has 0 aliphatic carbocycles. The molecule has 2 amide bonds. The van der Waals surface area contributed by atoms with E-state index in [1.54, 1.807) is 17.0 Å². The molecule has 0 spiro atoms. The number of ether oxygens (including phenoxy) is 1. The molecule has 1 aliphatic rings. The summed E-state index contributed by atoms with van der Waals surface area (Å²) in [5.41, 5.74) is 2.77. The van der Waals surface area contributed by atoms with Gasteiger partial charge in [0.15, 0.2) is 0 Å². The Morgan fingerprint density at radius 1 is 1.27 bits per heavy atom. The Hall–Kier alpha value is -2.67. The predicted octanol–water partition coefficient (Wildman–Crippen LogP) is 3.00. The zero-order valence-corrected chi connectivity index (χ0v) is 15.7. The number of esters is 1. The summed E-state index contributed by atoms with van der Waals surface area (Å²) in [7, 11) is 1.32. The van der Waals surface area contributed by atoms with E-state index in [1.165, 1.54) is 25.4 Å². The van der Waals surface area contributed by atoms with Crippen LogP contribution in [0.5, 0.6) is 0 Å². The molecule has 0 unspecified atom stereocenters. The first-order valence-electron chi connectivity index (χ1n) is 8.27. The predicted molar refractivity (Wildman–Crippen MR) is 99.6 cm³/mol. The number of thiophene rings is 1. The number of rotatable bonds is 3. The summed E-state index contributed by atoms with van der Waals surface area (Å²) >= 11 is 1.33. The first kappa shape index (κ1) is 18.1. The van der Waals surface area contributed by atoms with Gasteiger partial charge >= 0.3 is 5.97 Å². The molecule has 1 aliphatic heterocycles. The van der Waals surface area contributed by atoms with Crippen LogP contribution in [0.3, 0.4) is 0 Å². The third kappa shape index (κ3) is 3.48. The lowest BCUT2D eigenvalue weighted by molar-refractivity contribution is -0.129. The molecule has 136 valence electrons. The second kappa shape index (κ2) is 7.29. The Morgan fingerprint density at radius 2 is 2.04 bits per heavy atom. The second-order valence-corrected chi connectivity index (χ2v) is 7.32. The largest absolute Gasteiger partial charge is 0.465 e. The molecule has 3 rings (SSSR count). The van der Waals surface area contributed by atoms with Crippen LogP contribution in [0.25, 0.3) is 0 Å². The fraction of sp³-hybridized carbons (Fsp3) is 0.316. The van der Waals surface area contributed by atoms with Crippen molar-refractivity contribution in [2.45, 2.75) is 26.8 Å². The van der Waals surface area contributed by atoms with Gasteiger partial charge in [0.05, 0.1) is 19.2 Å². The Kier molecular flexibility index (Phi) is 5.08. The summed E-state index contributed by atoms with van der Waals surface area (Å²) in [6, 6.07) is 7.25. The van der Waals surface area contributed by atoms with Crippen LogP contribution in [0.2, 0.25) is 0 Å². The molecule has 0 bridgehead atoms. The molecule has 6 nitrogen and oxygen atoms in total. The van der Waals surface area contributed by atoms with Gasteiger partial charge in [-0.25, -0.2) is 4.79 Å². The standard InChI is InChI=1S/C19H20N2O4S/c1-11-5-4-6-13(9-11)17(23)20-18-16(19(24)25-3)14-7-8-21(12(2)22)10-15(14)26-18/h4-6,9H,7-8,10H2,1-3H3,(H,20,23). The smallest absolute Gasteiger partial charge is 0.341 e. The van der Waals surface area contributed by atoms with Crippen molar-refractivity contribution < 1.29 is 19.1 Å². The average molecular weight is 372 g/mol. The number of anilines is 1. The average Bonchev–Trinajstić information content (AvgIpc) is 2.97. The lowest BCUT2D eigenvalue weighted by Crippen LogP contribution is -2.33. The maximum atomic E-state index is 12.6. The highest BCUT2D eigenvalue weighted by atomic mass is 32.1.